The Balaban J connectivity index is 2.00. The first-order chi connectivity index (χ1) is 8.72. The van der Waals surface area contributed by atoms with Crippen LogP contribution in [0, 0.1) is 2.88 Å². The van der Waals surface area contributed by atoms with E-state index in [1.54, 1.807) is 11.3 Å². The summed E-state index contributed by atoms with van der Waals surface area (Å²) in [5.41, 5.74) is 5.41. The van der Waals surface area contributed by atoms with Gasteiger partial charge in [0, 0.05) is 17.8 Å². The summed E-state index contributed by atoms with van der Waals surface area (Å²) >= 11 is 4.11. The lowest BCUT2D eigenvalue weighted by Gasteiger charge is -2.04. The molecule has 0 aliphatic heterocycles. The number of nitrogens with one attached hydrogen (secondary N) is 1. The van der Waals surface area contributed by atoms with Crippen LogP contribution in [0.1, 0.15) is 37.0 Å². The van der Waals surface area contributed by atoms with E-state index in [-0.39, 0.29) is 5.91 Å². The zero-order chi connectivity index (χ0) is 13.2. The average molecular weight is 380 g/mol. The van der Waals surface area contributed by atoms with Gasteiger partial charge in [0.2, 0.25) is 5.91 Å². The second-order valence-electron chi connectivity index (χ2n) is 4.26. The van der Waals surface area contributed by atoms with Gasteiger partial charge in [-0.25, -0.2) is 0 Å². The molecule has 18 heavy (non-hydrogen) atoms. The second-order valence-corrected chi connectivity index (χ2v) is 7.32. The van der Waals surface area contributed by atoms with Gasteiger partial charge >= 0.3 is 0 Å². The third-order valence-electron chi connectivity index (χ3n) is 2.68. The van der Waals surface area contributed by atoms with Gasteiger partial charge in [0.25, 0.3) is 0 Å². The van der Waals surface area contributed by atoms with E-state index in [0.29, 0.717) is 6.42 Å². The molecule has 1 heterocycles. The number of hydrogen-bond acceptors (Lipinski definition) is 3. The molecule has 0 atom stereocenters. The van der Waals surface area contributed by atoms with E-state index in [2.05, 4.69) is 40.0 Å². The Morgan fingerprint density at radius 3 is 2.72 bits per heavy atom. The zero-order valence-corrected chi connectivity index (χ0v) is 13.6. The minimum Gasteiger partial charge on any atom is -0.356 e. The third kappa shape index (κ3) is 7.33. The third-order valence-corrected chi connectivity index (χ3v) is 4.63. The van der Waals surface area contributed by atoms with Crippen LogP contribution in [-0.4, -0.2) is 19.0 Å². The van der Waals surface area contributed by atoms with Gasteiger partial charge in [-0.2, -0.15) is 0 Å². The summed E-state index contributed by atoms with van der Waals surface area (Å²) in [5.74, 6) is 0.175. The van der Waals surface area contributed by atoms with Crippen LogP contribution in [0.25, 0.3) is 0 Å². The van der Waals surface area contributed by atoms with E-state index in [1.807, 2.05) is 0 Å². The van der Waals surface area contributed by atoms with Crippen molar-refractivity contribution in [3.8, 4) is 0 Å². The van der Waals surface area contributed by atoms with Gasteiger partial charge in [-0.15, -0.1) is 11.3 Å². The van der Waals surface area contributed by atoms with Crippen molar-refractivity contribution in [1.29, 1.82) is 0 Å². The number of amides is 1. The number of carbonyl (C=O) groups is 1. The lowest BCUT2D eigenvalue weighted by Crippen LogP contribution is -2.25. The van der Waals surface area contributed by atoms with Crippen LogP contribution in [0.3, 0.4) is 0 Å². The molecule has 0 aromatic carbocycles. The Morgan fingerprint density at radius 1 is 1.28 bits per heavy atom. The molecular weight excluding hydrogens is 359 g/mol. The van der Waals surface area contributed by atoms with Crippen molar-refractivity contribution < 1.29 is 4.79 Å². The quantitative estimate of drug-likeness (QED) is 0.511. The van der Waals surface area contributed by atoms with Gasteiger partial charge in [-0.1, -0.05) is 12.8 Å². The normalized spacial score (nSPS) is 10.6. The van der Waals surface area contributed by atoms with Crippen molar-refractivity contribution in [3.63, 3.8) is 0 Å². The Morgan fingerprint density at radius 2 is 2.06 bits per heavy atom. The van der Waals surface area contributed by atoms with Crippen LogP contribution in [0.5, 0.6) is 0 Å². The zero-order valence-electron chi connectivity index (χ0n) is 10.6. The fourth-order valence-electron chi connectivity index (χ4n) is 1.68. The molecule has 102 valence electrons. The van der Waals surface area contributed by atoms with Crippen LogP contribution in [0.15, 0.2) is 12.1 Å². The van der Waals surface area contributed by atoms with Crippen molar-refractivity contribution in [2.75, 3.05) is 13.1 Å². The number of unbranched alkanes of at least 4 members (excludes halogenated alkanes) is 3. The van der Waals surface area contributed by atoms with Crippen LogP contribution >= 0.6 is 33.9 Å². The van der Waals surface area contributed by atoms with Crippen LogP contribution < -0.4 is 11.1 Å². The summed E-state index contributed by atoms with van der Waals surface area (Å²) in [6, 6.07) is 4.24. The fourth-order valence-corrected chi connectivity index (χ4v) is 3.44. The van der Waals surface area contributed by atoms with Gasteiger partial charge in [-0.05, 0) is 60.5 Å². The number of carbonyl (C=O) groups excluding carboxylic acids is 1. The molecule has 0 bridgehead atoms. The predicted octanol–water partition coefficient (Wildman–Crippen LogP) is 2.92. The van der Waals surface area contributed by atoms with E-state index in [4.69, 9.17) is 5.73 Å². The molecule has 5 heteroatoms. The first-order valence-electron chi connectivity index (χ1n) is 6.43. The van der Waals surface area contributed by atoms with Gasteiger partial charge < -0.3 is 11.1 Å². The standard InChI is InChI=1S/C13H21IN2OS/c14-12-7-6-11(18-12)8-10-16-13(17)5-3-1-2-4-9-15/h6-7H,1-5,8-10,15H2,(H,16,17). The Kier molecular flexibility index (Phi) is 8.62. The minimum absolute atomic E-state index is 0.175. The summed E-state index contributed by atoms with van der Waals surface area (Å²) in [6.07, 6.45) is 5.87. The van der Waals surface area contributed by atoms with Crippen LogP contribution in [0.2, 0.25) is 0 Å². The van der Waals surface area contributed by atoms with Crippen molar-refractivity contribution in [2.45, 2.75) is 38.5 Å². The molecule has 0 saturated heterocycles. The first kappa shape index (κ1) is 15.9. The number of nitrogens with two attached hydrogens (primary N) is 1. The van der Waals surface area contributed by atoms with Crippen molar-refractivity contribution in [1.82, 2.24) is 5.32 Å². The van der Waals surface area contributed by atoms with E-state index in [1.165, 1.54) is 7.76 Å². The highest BCUT2D eigenvalue weighted by Crippen LogP contribution is 2.18. The molecule has 0 spiro atoms. The van der Waals surface area contributed by atoms with Crippen LogP contribution in [0.4, 0.5) is 0 Å². The van der Waals surface area contributed by atoms with E-state index in [0.717, 1.165) is 45.2 Å². The molecule has 3 nitrogen and oxygen atoms in total. The summed E-state index contributed by atoms with van der Waals surface area (Å²) < 4.78 is 1.30. The monoisotopic (exact) mass is 380 g/mol. The SMILES string of the molecule is NCCCCCCC(=O)NCCc1ccc(I)s1. The maximum Gasteiger partial charge on any atom is 0.220 e. The molecule has 1 amide bonds. The molecule has 0 radical (unpaired) electrons. The highest BCUT2D eigenvalue weighted by Gasteiger charge is 2.02. The Hall–Kier alpha value is -0.140. The molecule has 1 aromatic heterocycles. The average Bonchev–Trinajstić information content (AvgIpc) is 2.75. The summed E-state index contributed by atoms with van der Waals surface area (Å²) in [4.78, 5) is 12.9. The summed E-state index contributed by atoms with van der Waals surface area (Å²) in [7, 11) is 0. The number of rotatable bonds is 9. The molecule has 0 saturated carbocycles. The van der Waals surface area contributed by atoms with Gasteiger partial charge in [0.05, 0.1) is 2.88 Å². The molecule has 1 rings (SSSR count). The molecule has 0 fully saturated rings. The smallest absolute Gasteiger partial charge is 0.220 e. The highest BCUT2D eigenvalue weighted by molar-refractivity contribution is 14.1. The second kappa shape index (κ2) is 9.75. The molecule has 0 unspecified atom stereocenters. The molecular formula is C13H21IN2OS. The van der Waals surface area contributed by atoms with E-state index in [9.17, 15) is 4.79 Å². The predicted molar refractivity (Wildman–Crippen MR) is 85.9 cm³/mol. The molecule has 3 N–H and O–H groups in total. The summed E-state index contributed by atoms with van der Waals surface area (Å²) in [6.45, 7) is 1.50. The maximum absolute atomic E-state index is 11.5. The number of halogens is 1. The molecule has 0 aliphatic rings. The largest absolute Gasteiger partial charge is 0.356 e. The van der Waals surface area contributed by atoms with Crippen LogP contribution in [-0.2, 0) is 11.2 Å². The number of thiophene rings is 1. The molecule has 0 aliphatic carbocycles. The Bertz CT molecular complexity index is 355. The van der Waals surface area contributed by atoms with Gasteiger partial charge in [0.15, 0.2) is 0 Å². The van der Waals surface area contributed by atoms with Gasteiger partial charge in [-0.3, -0.25) is 4.79 Å². The lowest BCUT2D eigenvalue weighted by atomic mass is 10.1. The topological polar surface area (TPSA) is 55.1 Å². The fraction of sp³-hybridized carbons (Fsp3) is 0.615. The van der Waals surface area contributed by atoms with Gasteiger partial charge in [0.1, 0.15) is 0 Å². The maximum atomic E-state index is 11.5. The summed E-state index contributed by atoms with van der Waals surface area (Å²) in [5, 5.41) is 2.97. The lowest BCUT2D eigenvalue weighted by molar-refractivity contribution is -0.121. The minimum atomic E-state index is 0.175. The van der Waals surface area contributed by atoms with Crippen molar-refractivity contribution in [3.05, 3.63) is 19.9 Å². The Labute approximate surface area is 127 Å². The van der Waals surface area contributed by atoms with E-state index < -0.39 is 0 Å². The number of hydrogen-bond donors (Lipinski definition) is 2. The van der Waals surface area contributed by atoms with Crippen molar-refractivity contribution >= 4 is 39.8 Å². The first-order valence-corrected chi connectivity index (χ1v) is 8.33. The molecule has 1 aromatic rings. The van der Waals surface area contributed by atoms with E-state index >= 15 is 0 Å². The van der Waals surface area contributed by atoms with Crippen molar-refractivity contribution in [2.24, 2.45) is 5.73 Å². The highest BCUT2D eigenvalue weighted by atomic mass is 127.